The summed E-state index contributed by atoms with van der Waals surface area (Å²) in [5, 5.41) is 2.98. The van der Waals surface area contributed by atoms with Crippen LogP contribution in [0.25, 0.3) is 0 Å². The van der Waals surface area contributed by atoms with Crippen LogP contribution >= 0.6 is 11.8 Å². The summed E-state index contributed by atoms with van der Waals surface area (Å²) in [7, 11) is 0. The SMILES string of the molecule is O=C(NCC1CC1)[C@@H]1CSCN1C(=O)C1CC1. The number of amides is 2. The van der Waals surface area contributed by atoms with Gasteiger partial charge >= 0.3 is 0 Å². The molecule has 1 N–H and O–H groups in total. The predicted molar refractivity (Wildman–Crippen MR) is 66.4 cm³/mol. The Morgan fingerprint density at radius 3 is 2.65 bits per heavy atom. The van der Waals surface area contributed by atoms with Crippen molar-refractivity contribution in [2.24, 2.45) is 11.8 Å². The minimum Gasteiger partial charge on any atom is -0.354 e. The Labute approximate surface area is 105 Å². The van der Waals surface area contributed by atoms with Crippen molar-refractivity contribution in [1.82, 2.24) is 10.2 Å². The van der Waals surface area contributed by atoms with E-state index in [-0.39, 0.29) is 23.8 Å². The van der Waals surface area contributed by atoms with Crippen LogP contribution in [0.5, 0.6) is 0 Å². The van der Waals surface area contributed by atoms with Crippen LogP contribution in [-0.2, 0) is 9.59 Å². The van der Waals surface area contributed by atoms with Crippen molar-refractivity contribution in [3.05, 3.63) is 0 Å². The fourth-order valence-electron chi connectivity index (χ4n) is 2.13. The molecular formula is C12H18N2O2S. The number of rotatable bonds is 4. The number of carbonyl (C=O) groups is 2. The molecule has 0 bridgehead atoms. The number of hydrogen-bond acceptors (Lipinski definition) is 3. The minimum absolute atomic E-state index is 0.0518. The molecule has 3 aliphatic rings. The van der Waals surface area contributed by atoms with Gasteiger partial charge in [0.2, 0.25) is 11.8 Å². The maximum atomic E-state index is 12.0. The van der Waals surface area contributed by atoms with Crippen LogP contribution in [0.1, 0.15) is 25.7 Å². The fraction of sp³-hybridized carbons (Fsp3) is 0.833. The lowest BCUT2D eigenvalue weighted by Gasteiger charge is -2.23. The van der Waals surface area contributed by atoms with Crippen LogP contribution < -0.4 is 5.32 Å². The van der Waals surface area contributed by atoms with Crippen LogP contribution in [-0.4, -0.2) is 40.9 Å². The average molecular weight is 254 g/mol. The quantitative estimate of drug-likeness (QED) is 0.808. The molecule has 0 spiro atoms. The molecule has 2 aliphatic carbocycles. The Bertz CT molecular complexity index is 339. The third-order valence-corrected chi connectivity index (χ3v) is 4.67. The first kappa shape index (κ1) is 11.4. The molecule has 0 aromatic carbocycles. The Morgan fingerprint density at radius 1 is 1.24 bits per heavy atom. The minimum atomic E-state index is -0.216. The van der Waals surface area contributed by atoms with Crippen molar-refractivity contribution >= 4 is 23.6 Å². The zero-order chi connectivity index (χ0) is 11.8. The lowest BCUT2D eigenvalue weighted by atomic mass is 10.2. The number of nitrogens with zero attached hydrogens (tertiary/aromatic N) is 1. The fourth-order valence-corrected chi connectivity index (χ4v) is 3.29. The van der Waals surface area contributed by atoms with Gasteiger partial charge in [0.05, 0.1) is 5.88 Å². The largest absolute Gasteiger partial charge is 0.354 e. The van der Waals surface area contributed by atoms with Crippen LogP contribution in [0, 0.1) is 11.8 Å². The Kier molecular flexibility index (Phi) is 3.03. The number of carbonyl (C=O) groups excluding carboxylic acids is 2. The lowest BCUT2D eigenvalue weighted by molar-refractivity contribution is -0.139. The van der Waals surface area contributed by atoms with Gasteiger partial charge in [-0.3, -0.25) is 9.59 Å². The number of hydrogen-bond donors (Lipinski definition) is 1. The maximum Gasteiger partial charge on any atom is 0.243 e. The van der Waals surface area contributed by atoms with E-state index in [2.05, 4.69) is 5.32 Å². The molecule has 5 heteroatoms. The summed E-state index contributed by atoms with van der Waals surface area (Å²) in [6, 6.07) is -0.216. The molecule has 0 radical (unpaired) electrons. The number of nitrogens with one attached hydrogen (secondary N) is 1. The van der Waals surface area contributed by atoms with E-state index >= 15 is 0 Å². The summed E-state index contributed by atoms with van der Waals surface area (Å²) in [5.41, 5.74) is 0. The Hall–Kier alpha value is -0.710. The topological polar surface area (TPSA) is 49.4 Å². The number of thioether (sulfide) groups is 1. The van der Waals surface area contributed by atoms with E-state index in [1.54, 1.807) is 16.7 Å². The van der Waals surface area contributed by atoms with Crippen molar-refractivity contribution in [3.8, 4) is 0 Å². The van der Waals surface area contributed by atoms with Gasteiger partial charge in [-0.2, -0.15) is 0 Å². The van der Waals surface area contributed by atoms with E-state index < -0.39 is 0 Å². The van der Waals surface area contributed by atoms with Crippen LogP contribution in [0.15, 0.2) is 0 Å². The van der Waals surface area contributed by atoms with Gasteiger partial charge in [-0.05, 0) is 31.6 Å². The first-order valence-corrected chi connectivity index (χ1v) is 7.57. The molecule has 94 valence electrons. The maximum absolute atomic E-state index is 12.0. The average Bonchev–Trinajstić information content (AvgIpc) is 3.22. The second kappa shape index (κ2) is 4.52. The third-order valence-electron chi connectivity index (χ3n) is 3.66. The molecule has 2 saturated carbocycles. The van der Waals surface area contributed by atoms with Gasteiger partial charge < -0.3 is 10.2 Å². The molecule has 17 heavy (non-hydrogen) atoms. The molecule has 3 fully saturated rings. The van der Waals surface area contributed by atoms with Gasteiger partial charge in [0.25, 0.3) is 0 Å². The molecule has 1 saturated heterocycles. The highest BCUT2D eigenvalue weighted by molar-refractivity contribution is 7.99. The van der Waals surface area contributed by atoms with Gasteiger partial charge in [-0.15, -0.1) is 11.8 Å². The van der Waals surface area contributed by atoms with Crippen molar-refractivity contribution < 1.29 is 9.59 Å². The van der Waals surface area contributed by atoms with Gasteiger partial charge in [-0.1, -0.05) is 0 Å². The van der Waals surface area contributed by atoms with E-state index in [1.807, 2.05) is 0 Å². The summed E-state index contributed by atoms with van der Waals surface area (Å²) >= 11 is 1.69. The molecule has 0 aromatic heterocycles. The molecule has 4 nitrogen and oxygen atoms in total. The molecule has 2 amide bonds. The summed E-state index contributed by atoms with van der Waals surface area (Å²) in [6.45, 7) is 0.797. The van der Waals surface area contributed by atoms with Crippen molar-refractivity contribution in [3.63, 3.8) is 0 Å². The van der Waals surface area contributed by atoms with Crippen LogP contribution in [0.4, 0.5) is 0 Å². The van der Waals surface area contributed by atoms with Crippen LogP contribution in [0.2, 0.25) is 0 Å². The summed E-state index contributed by atoms with van der Waals surface area (Å²) < 4.78 is 0. The molecule has 0 aromatic rings. The molecule has 3 rings (SSSR count). The summed E-state index contributed by atoms with van der Waals surface area (Å²) in [6.07, 6.45) is 4.50. The van der Waals surface area contributed by atoms with Crippen LogP contribution in [0.3, 0.4) is 0 Å². The van der Waals surface area contributed by atoms with Crippen molar-refractivity contribution in [2.75, 3.05) is 18.2 Å². The highest BCUT2D eigenvalue weighted by Gasteiger charge is 2.41. The van der Waals surface area contributed by atoms with E-state index in [4.69, 9.17) is 0 Å². The molecule has 1 aliphatic heterocycles. The highest BCUT2D eigenvalue weighted by atomic mass is 32.2. The zero-order valence-electron chi connectivity index (χ0n) is 9.85. The Balaban J connectivity index is 1.55. The molecular weight excluding hydrogens is 236 g/mol. The summed E-state index contributed by atoms with van der Waals surface area (Å²) in [5.74, 6) is 2.61. The first-order chi connectivity index (χ1) is 8.25. The van der Waals surface area contributed by atoms with E-state index in [1.165, 1.54) is 12.8 Å². The lowest BCUT2D eigenvalue weighted by Crippen LogP contribution is -2.48. The zero-order valence-corrected chi connectivity index (χ0v) is 10.7. The highest BCUT2D eigenvalue weighted by Crippen LogP contribution is 2.34. The third kappa shape index (κ3) is 2.59. The van der Waals surface area contributed by atoms with E-state index in [0.717, 1.165) is 25.1 Å². The molecule has 1 heterocycles. The smallest absolute Gasteiger partial charge is 0.243 e. The van der Waals surface area contributed by atoms with Crippen molar-refractivity contribution in [1.29, 1.82) is 0 Å². The van der Waals surface area contributed by atoms with Crippen molar-refractivity contribution in [2.45, 2.75) is 31.7 Å². The second-order valence-electron chi connectivity index (χ2n) is 5.29. The van der Waals surface area contributed by atoms with Gasteiger partial charge in [0, 0.05) is 18.2 Å². The molecule has 0 unspecified atom stereocenters. The molecule has 1 atom stereocenters. The normalized spacial score (nSPS) is 28.2. The standard InChI is InChI=1S/C12H18N2O2S/c15-11(13-5-8-1-2-8)10-6-17-7-14(10)12(16)9-3-4-9/h8-10H,1-7H2,(H,13,15)/t10-/m0/s1. The van der Waals surface area contributed by atoms with Gasteiger partial charge in [-0.25, -0.2) is 0 Å². The predicted octanol–water partition coefficient (Wildman–Crippen LogP) is 0.824. The van der Waals surface area contributed by atoms with Gasteiger partial charge in [0.15, 0.2) is 0 Å². The first-order valence-electron chi connectivity index (χ1n) is 6.41. The van der Waals surface area contributed by atoms with E-state index in [0.29, 0.717) is 11.8 Å². The summed E-state index contributed by atoms with van der Waals surface area (Å²) in [4.78, 5) is 25.8. The second-order valence-corrected chi connectivity index (χ2v) is 6.29. The Morgan fingerprint density at radius 2 is 2.00 bits per heavy atom. The van der Waals surface area contributed by atoms with Gasteiger partial charge in [0.1, 0.15) is 6.04 Å². The van der Waals surface area contributed by atoms with E-state index in [9.17, 15) is 9.59 Å². The monoisotopic (exact) mass is 254 g/mol.